The van der Waals surface area contributed by atoms with Gasteiger partial charge < -0.3 is 9.80 Å². The highest BCUT2D eigenvalue weighted by atomic mass is 16.2. The van der Waals surface area contributed by atoms with Gasteiger partial charge in [-0.1, -0.05) is 20.4 Å². The van der Waals surface area contributed by atoms with Crippen LogP contribution in [-0.2, 0) is 24.7 Å². The molecule has 2 aromatic heterocycles. The van der Waals surface area contributed by atoms with Crippen molar-refractivity contribution < 1.29 is 4.79 Å². The Balaban J connectivity index is 1.54. The Labute approximate surface area is 224 Å². The van der Waals surface area contributed by atoms with Gasteiger partial charge >= 0.3 is 0 Å². The smallest absolute Gasteiger partial charge is 0.245 e. The van der Waals surface area contributed by atoms with Gasteiger partial charge in [-0.3, -0.25) is 9.48 Å². The van der Waals surface area contributed by atoms with E-state index in [-0.39, 0.29) is 16.7 Å². The maximum absolute atomic E-state index is 12.1. The maximum Gasteiger partial charge on any atom is 0.245 e. The van der Waals surface area contributed by atoms with Crippen LogP contribution in [0.15, 0.2) is 24.9 Å². The number of fused-ring (bicyclic) bond motifs is 2. The van der Waals surface area contributed by atoms with Crippen molar-refractivity contribution in [1.82, 2.24) is 19.7 Å². The molecule has 6 rings (SSSR count). The fraction of sp³-hybridized carbons (Fsp3) is 0.484. The van der Waals surface area contributed by atoms with Gasteiger partial charge in [0.1, 0.15) is 17.5 Å². The molecule has 0 saturated carbocycles. The molecule has 0 unspecified atom stereocenters. The highest BCUT2D eigenvalue weighted by molar-refractivity contribution is 6.00. The third-order valence-corrected chi connectivity index (χ3v) is 9.24. The number of amides is 1. The maximum atomic E-state index is 12.1. The van der Waals surface area contributed by atoms with E-state index in [9.17, 15) is 10.1 Å². The third-order valence-electron chi connectivity index (χ3n) is 9.24. The predicted octanol–water partition coefficient (Wildman–Crippen LogP) is 4.86. The Bertz CT molecular complexity index is 1550. The fourth-order valence-electron chi connectivity index (χ4n) is 7.00. The number of benzene rings is 1. The van der Waals surface area contributed by atoms with E-state index in [1.165, 1.54) is 22.8 Å². The van der Waals surface area contributed by atoms with Crippen molar-refractivity contribution in [3.05, 3.63) is 52.9 Å². The zero-order valence-corrected chi connectivity index (χ0v) is 23.2. The van der Waals surface area contributed by atoms with Crippen molar-refractivity contribution in [2.24, 2.45) is 17.9 Å². The molecule has 2 fully saturated rings. The van der Waals surface area contributed by atoms with Crippen LogP contribution in [0.1, 0.15) is 54.6 Å². The van der Waals surface area contributed by atoms with E-state index < -0.39 is 0 Å². The summed E-state index contributed by atoms with van der Waals surface area (Å²) in [6.45, 7) is 15.7. The van der Waals surface area contributed by atoms with Gasteiger partial charge in [0.25, 0.3) is 0 Å². The molecular weight excluding hydrogens is 472 g/mol. The molecular formula is C31H36N6O. The minimum atomic E-state index is -0.00155. The van der Waals surface area contributed by atoms with E-state index >= 15 is 0 Å². The molecule has 7 heteroatoms. The summed E-state index contributed by atoms with van der Waals surface area (Å²) >= 11 is 0. The standard InChI is InChI=1S/C31H36N6O/c1-7-25(38)37-17-31(18-37)10-11-36(16-31)29-23(14-32)27(22-8-9-30(4,5)13-24(22)34-29)26-20(3)19(2)12-21-15-33-35(6)28(21)26/h7,12,15H,1,8-11,13,16-18H2,2-6H3. The van der Waals surface area contributed by atoms with Crippen molar-refractivity contribution in [3.63, 3.8) is 0 Å². The molecule has 196 valence electrons. The topological polar surface area (TPSA) is 78.1 Å². The normalized spacial score (nSPS) is 19.4. The number of nitriles is 1. The highest BCUT2D eigenvalue weighted by Gasteiger charge is 2.49. The van der Waals surface area contributed by atoms with Gasteiger partial charge in [0.15, 0.2) is 0 Å². The SMILES string of the molecule is C=CC(=O)N1CC2(CCN(c3nc4c(c(-c5c(C)c(C)cc6cnn(C)c56)c3C#N)CCC(C)(C)C4)C2)C1. The molecule has 0 radical (unpaired) electrons. The number of aromatic nitrogens is 3. The molecule has 1 amide bonds. The number of rotatable bonds is 3. The first kappa shape index (κ1) is 24.7. The number of pyridine rings is 1. The summed E-state index contributed by atoms with van der Waals surface area (Å²) < 4.78 is 1.95. The molecule has 4 heterocycles. The number of carbonyl (C=O) groups is 1. The summed E-state index contributed by atoms with van der Waals surface area (Å²) in [5.74, 6) is 0.805. The van der Waals surface area contributed by atoms with Gasteiger partial charge in [0.2, 0.25) is 5.91 Å². The number of anilines is 1. The highest BCUT2D eigenvalue weighted by Crippen LogP contribution is 2.48. The number of nitrogens with zero attached hydrogens (tertiary/aromatic N) is 6. The van der Waals surface area contributed by atoms with E-state index in [0.29, 0.717) is 5.56 Å². The first-order valence-electron chi connectivity index (χ1n) is 13.6. The summed E-state index contributed by atoms with van der Waals surface area (Å²) in [7, 11) is 1.99. The molecule has 7 nitrogen and oxygen atoms in total. The number of likely N-dealkylation sites (tertiary alicyclic amines) is 1. The van der Waals surface area contributed by atoms with Crippen LogP contribution in [0.2, 0.25) is 0 Å². The first-order valence-corrected chi connectivity index (χ1v) is 13.6. The summed E-state index contributed by atoms with van der Waals surface area (Å²) in [6.07, 6.45) is 7.19. The Morgan fingerprint density at radius 1 is 1.18 bits per heavy atom. The van der Waals surface area contributed by atoms with Crippen LogP contribution in [0.5, 0.6) is 0 Å². The van der Waals surface area contributed by atoms with Crippen LogP contribution >= 0.6 is 0 Å². The van der Waals surface area contributed by atoms with Gasteiger partial charge in [-0.15, -0.1) is 0 Å². The summed E-state index contributed by atoms with van der Waals surface area (Å²) in [6, 6.07) is 4.82. The molecule has 38 heavy (non-hydrogen) atoms. The second-order valence-corrected chi connectivity index (χ2v) is 12.5. The van der Waals surface area contributed by atoms with Gasteiger partial charge in [0.05, 0.1) is 11.7 Å². The van der Waals surface area contributed by atoms with Gasteiger partial charge in [-0.05, 0) is 73.8 Å². The predicted molar refractivity (Wildman–Crippen MR) is 150 cm³/mol. The molecule has 1 spiro atoms. The monoisotopic (exact) mass is 508 g/mol. The van der Waals surface area contributed by atoms with Gasteiger partial charge in [0, 0.05) is 60.8 Å². The van der Waals surface area contributed by atoms with Crippen LogP contribution in [0.4, 0.5) is 5.82 Å². The van der Waals surface area contributed by atoms with Crippen molar-refractivity contribution in [1.29, 1.82) is 5.26 Å². The minimum absolute atomic E-state index is 0.00155. The quantitative estimate of drug-likeness (QED) is 0.472. The Hall–Kier alpha value is -3.66. The van der Waals surface area contributed by atoms with Gasteiger partial charge in [-0.2, -0.15) is 10.4 Å². The van der Waals surface area contributed by atoms with Crippen LogP contribution in [0.3, 0.4) is 0 Å². The van der Waals surface area contributed by atoms with Crippen LogP contribution in [0.25, 0.3) is 22.0 Å². The summed E-state index contributed by atoms with van der Waals surface area (Å²) in [5.41, 5.74) is 8.90. The lowest BCUT2D eigenvalue weighted by molar-refractivity contribution is -0.136. The number of hydrogen-bond acceptors (Lipinski definition) is 5. The molecule has 1 aromatic carbocycles. The van der Waals surface area contributed by atoms with Crippen molar-refractivity contribution >= 4 is 22.6 Å². The molecule has 3 aromatic rings. The van der Waals surface area contributed by atoms with E-state index in [1.807, 2.05) is 22.8 Å². The second-order valence-electron chi connectivity index (χ2n) is 12.5. The second kappa shape index (κ2) is 8.42. The van der Waals surface area contributed by atoms with Crippen molar-refractivity contribution in [2.75, 3.05) is 31.1 Å². The number of aryl methyl sites for hydroxylation is 2. The Morgan fingerprint density at radius 2 is 1.95 bits per heavy atom. The summed E-state index contributed by atoms with van der Waals surface area (Å²) in [5, 5.41) is 16.4. The Kier molecular flexibility index (Phi) is 5.47. The minimum Gasteiger partial charge on any atom is -0.355 e. The number of hydrogen-bond donors (Lipinski definition) is 0. The molecule has 0 N–H and O–H groups in total. The lowest BCUT2D eigenvalue weighted by Crippen LogP contribution is -2.59. The first-order chi connectivity index (χ1) is 18.1. The molecule has 0 bridgehead atoms. The van der Waals surface area contributed by atoms with Crippen LogP contribution in [0, 0.1) is 36.0 Å². The van der Waals surface area contributed by atoms with Crippen molar-refractivity contribution in [2.45, 2.75) is 53.4 Å². The molecule has 2 aliphatic heterocycles. The lowest BCUT2D eigenvalue weighted by Gasteiger charge is -2.47. The van der Waals surface area contributed by atoms with E-state index in [2.05, 4.69) is 56.4 Å². The fourth-order valence-corrected chi connectivity index (χ4v) is 7.00. The molecule has 1 aliphatic carbocycles. The largest absolute Gasteiger partial charge is 0.355 e. The lowest BCUT2D eigenvalue weighted by atomic mass is 9.73. The Morgan fingerprint density at radius 3 is 2.66 bits per heavy atom. The zero-order valence-electron chi connectivity index (χ0n) is 23.2. The van der Waals surface area contributed by atoms with Crippen molar-refractivity contribution in [3.8, 4) is 17.2 Å². The average Bonchev–Trinajstić information content (AvgIpc) is 3.46. The molecule has 0 atom stereocenters. The van der Waals surface area contributed by atoms with E-state index in [1.54, 1.807) is 0 Å². The third kappa shape index (κ3) is 3.65. The molecule has 2 saturated heterocycles. The average molecular weight is 509 g/mol. The van der Waals surface area contributed by atoms with E-state index in [0.717, 1.165) is 85.4 Å². The molecule has 3 aliphatic rings. The van der Waals surface area contributed by atoms with E-state index in [4.69, 9.17) is 4.98 Å². The number of carbonyl (C=O) groups excluding carboxylic acids is 1. The van der Waals surface area contributed by atoms with Crippen LogP contribution in [-0.4, -0.2) is 51.8 Å². The zero-order chi connectivity index (χ0) is 27.0. The summed E-state index contributed by atoms with van der Waals surface area (Å²) in [4.78, 5) is 21.6. The van der Waals surface area contributed by atoms with Gasteiger partial charge in [-0.25, -0.2) is 4.98 Å². The van der Waals surface area contributed by atoms with Crippen LogP contribution < -0.4 is 4.90 Å².